The smallest absolute Gasteiger partial charge is 0.255 e. The highest BCUT2D eigenvalue weighted by molar-refractivity contribution is 6.32. The van der Waals surface area contributed by atoms with E-state index in [-0.39, 0.29) is 5.56 Å². The molecule has 1 fully saturated rings. The van der Waals surface area contributed by atoms with Gasteiger partial charge in [0.2, 0.25) is 0 Å². The van der Waals surface area contributed by atoms with Crippen LogP contribution >= 0.6 is 11.6 Å². The van der Waals surface area contributed by atoms with Crippen LogP contribution < -0.4 is 16.0 Å². The summed E-state index contributed by atoms with van der Waals surface area (Å²) < 4.78 is 5.87. The molecule has 1 saturated carbocycles. The van der Waals surface area contributed by atoms with Gasteiger partial charge >= 0.3 is 0 Å². The molecule has 1 aromatic heterocycles. The summed E-state index contributed by atoms with van der Waals surface area (Å²) in [6.45, 7) is 0.654. The van der Waals surface area contributed by atoms with E-state index in [4.69, 9.17) is 22.1 Å². The number of pyridine rings is 1. The molecule has 4 nitrogen and oxygen atoms in total. The van der Waals surface area contributed by atoms with Crippen molar-refractivity contribution >= 4 is 22.4 Å². The second-order valence-electron chi connectivity index (χ2n) is 5.77. The molecule has 0 atom stereocenters. The predicted molar refractivity (Wildman–Crippen MR) is 85.0 cm³/mol. The van der Waals surface area contributed by atoms with Gasteiger partial charge in [-0.25, -0.2) is 0 Å². The molecule has 1 aliphatic carbocycles. The molecule has 1 aliphatic rings. The van der Waals surface area contributed by atoms with Crippen molar-refractivity contribution in [2.24, 2.45) is 11.7 Å². The number of rotatable bonds is 3. The van der Waals surface area contributed by atoms with Gasteiger partial charge in [0.05, 0.1) is 11.6 Å². The molecule has 3 rings (SSSR count). The van der Waals surface area contributed by atoms with E-state index in [1.807, 2.05) is 12.1 Å². The van der Waals surface area contributed by atoms with E-state index in [0.717, 1.165) is 31.1 Å². The van der Waals surface area contributed by atoms with Crippen molar-refractivity contribution in [1.82, 2.24) is 4.98 Å². The van der Waals surface area contributed by atoms with Gasteiger partial charge in [-0.15, -0.1) is 0 Å². The Bertz CT molecular complexity index is 690. The summed E-state index contributed by atoms with van der Waals surface area (Å²) in [7, 11) is 0. The van der Waals surface area contributed by atoms with Crippen LogP contribution in [0.15, 0.2) is 29.2 Å². The average molecular weight is 307 g/mol. The van der Waals surface area contributed by atoms with Gasteiger partial charge in [-0.3, -0.25) is 4.79 Å². The van der Waals surface area contributed by atoms with Gasteiger partial charge in [0, 0.05) is 17.6 Å². The molecule has 0 unspecified atom stereocenters. The van der Waals surface area contributed by atoms with Gasteiger partial charge in [0.15, 0.2) is 0 Å². The van der Waals surface area contributed by atoms with Crippen LogP contribution in [0.25, 0.3) is 10.8 Å². The first-order valence-corrected chi connectivity index (χ1v) is 7.70. The number of hydrogen-bond donors (Lipinski definition) is 2. The van der Waals surface area contributed by atoms with Gasteiger partial charge in [-0.2, -0.15) is 0 Å². The third kappa shape index (κ3) is 3.22. The fourth-order valence-electron chi connectivity index (χ4n) is 2.86. The first-order chi connectivity index (χ1) is 10.1. The number of H-pyrrole nitrogens is 1. The molecule has 0 bridgehead atoms. The fraction of sp³-hybridized carbons (Fsp3) is 0.438. The summed E-state index contributed by atoms with van der Waals surface area (Å²) in [5, 5.41) is 1.90. The minimum Gasteiger partial charge on any atom is -0.492 e. The van der Waals surface area contributed by atoms with E-state index in [1.165, 1.54) is 0 Å². The standard InChI is InChI=1S/C16H19ClN2O2/c17-14-8-13-11(5-6-19-16(13)20)7-15(14)21-9-10-1-3-12(18)4-2-10/h5-8,10,12H,1-4,9,18H2,(H,19,20). The number of hydrogen-bond acceptors (Lipinski definition) is 3. The van der Waals surface area contributed by atoms with Gasteiger partial charge < -0.3 is 15.5 Å². The van der Waals surface area contributed by atoms with Crippen LogP contribution in [-0.4, -0.2) is 17.6 Å². The zero-order chi connectivity index (χ0) is 14.8. The third-order valence-electron chi connectivity index (χ3n) is 4.19. The van der Waals surface area contributed by atoms with Gasteiger partial charge in [-0.05, 0) is 55.2 Å². The fourth-order valence-corrected chi connectivity index (χ4v) is 3.08. The molecule has 1 heterocycles. The maximum absolute atomic E-state index is 11.7. The van der Waals surface area contributed by atoms with Crippen LogP contribution in [0, 0.1) is 5.92 Å². The predicted octanol–water partition coefficient (Wildman–Crippen LogP) is 3.08. The molecule has 0 amide bonds. The molecule has 2 aromatic rings. The SMILES string of the molecule is NC1CCC(COc2cc3cc[nH]c(=O)c3cc2Cl)CC1. The molecule has 0 saturated heterocycles. The highest BCUT2D eigenvalue weighted by atomic mass is 35.5. The zero-order valence-electron chi connectivity index (χ0n) is 11.8. The Morgan fingerprint density at radius 1 is 1.29 bits per heavy atom. The number of ether oxygens (including phenoxy) is 1. The Hall–Kier alpha value is -1.52. The second kappa shape index (κ2) is 6.08. The van der Waals surface area contributed by atoms with E-state index in [2.05, 4.69) is 4.98 Å². The van der Waals surface area contributed by atoms with Crippen LogP contribution in [-0.2, 0) is 0 Å². The number of nitrogens with one attached hydrogen (secondary N) is 1. The number of aromatic nitrogens is 1. The lowest BCUT2D eigenvalue weighted by molar-refractivity contribution is 0.201. The first kappa shape index (κ1) is 14.4. The highest BCUT2D eigenvalue weighted by Gasteiger charge is 2.19. The first-order valence-electron chi connectivity index (χ1n) is 7.33. The molecular weight excluding hydrogens is 288 g/mol. The molecule has 0 aliphatic heterocycles. The van der Waals surface area contributed by atoms with Crippen LogP contribution in [0.4, 0.5) is 0 Å². The summed E-state index contributed by atoms with van der Waals surface area (Å²) in [5.74, 6) is 1.18. The lowest BCUT2D eigenvalue weighted by Crippen LogP contribution is -2.28. The van der Waals surface area contributed by atoms with Gasteiger partial charge in [0.1, 0.15) is 5.75 Å². The summed E-state index contributed by atoms with van der Waals surface area (Å²) in [5.41, 5.74) is 5.77. The molecule has 3 N–H and O–H groups in total. The molecule has 112 valence electrons. The van der Waals surface area contributed by atoms with Crippen molar-refractivity contribution in [3.8, 4) is 5.75 Å². The van der Waals surface area contributed by atoms with Crippen LogP contribution in [0.3, 0.4) is 0 Å². The Kier molecular flexibility index (Phi) is 4.17. The number of halogens is 1. The third-order valence-corrected chi connectivity index (χ3v) is 4.49. The van der Waals surface area contributed by atoms with E-state index in [0.29, 0.717) is 34.7 Å². The van der Waals surface area contributed by atoms with E-state index < -0.39 is 0 Å². The number of aromatic amines is 1. The van der Waals surface area contributed by atoms with Crippen molar-refractivity contribution in [1.29, 1.82) is 0 Å². The summed E-state index contributed by atoms with van der Waals surface area (Å²) >= 11 is 6.22. The normalized spacial score (nSPS) is 22.4. The maximum atomic E-state index is 11.7. The Morgan fingerprint density at radius 2 is 2.05 bits per heavy atom. The Balaban J connectivity index is 1.75. The van der Waals surface area contributed by atoms with Gasteiger partial charge in [0.25, 0.3) is 5.56 Å². The lowest BCUT2D eigenvalue weighted by atomic mass is 9.87. The number of fused-ring (bicyclic) bond motifs is 1. The Labute approximate surface area is 128 Å². The zero-order valence-corrected chi connectivity index (χ0v) is 12.5. The average Bonchev–Trinajstić information content (AvgIpc) is 2.48. The molecular formula is C16H19ClN2O2. The number of benzene rings is 1. The lowest BCUT2D eigenvalue weighted by Gasteiger charge is -2.26. The van der Waals surface area contributed by atoms with Crippen molar-refractivity contribution < 1.29 is 4.74 Å². The molecule has 0 radical (unpaired) electrons. The van der Waals surface area contributed by atoms with Crippen LogP contribution in [0.2, 0.25) is 5.02 Å². The van der Waals surface area contributed by atoms with Crippen molar-refractivity contribution in [3.05, 3.63) is 39.8 Å². The summed E-state index contributed by atoms with van der Waals surface area (Å²) in [4.78, 5) is 14.4. The van der Waals surface area contributed by atoms with E-state index in [9.17, 15) is 4.79 Å². The molecule has 1 aromatic carbocycles. The topological polar surface area (TPSA) is 68.1 Å². The van der Waals surface area contributed by atoms with Crippen molar-refractivity contribution in [3.63, 3.8) is 0 Å². The van der Waals surface area contributed by atoms with Crippen molar-refractivity contribution in [2.75, 3.05) is 6.61 Å². The molecule has 0 spiro atoms. The van der Waals surface area contributed by atoms with E-state index >= 15 is 0 Å². The van der Waals surface area contributed by atoms with E-state index in [1.54, 1.807) is 12.3 Å². The summed E-state index contributed by atoms with van der Waals surface area (Å²) in [6, 6.07) is 5.69. The molecule has 21 heavy (non-hydrogen) atoms. The Morgan fingerprint density at radius 3 is 2.81 bits per heavy atom. The molecule has 5 heteroatoms. The highest BCUT2D eigenvalue weighted by Crippen LogP contribution is 2.30. The summed E-state index contributed by atoms with van der Waals surface area (Å²) in [6.07, 6.45) is 5.96. The second-order valence-corrected chi connectivity index (χ2v) is 6.18. The quantitative estimate of drug-likeness (QED) is 0.915. The maximum Gasteiger partial charge on any atom is 0.255 e. The van der Waals surface area contributed by atoms with Crippen LogP contribution in [0.1, 0.15) is 25.7 Å². The largest absolute Gasteiger partial charge is 0.492 e. The minimum absolute atomic E-state index is 0.137. The van der Waals surface area contributed by atoms with Crippen LogP contribution in [0.5, 0.6) is 5.75 Å². The number of nitrogens with two attached hydrogens (primary N) is 1. The van der Waals surface area contributed by atoms with Gasteiger partial charge in [-0.1, -0.05) is 11.6 Å². The minimum atomic E-state index is -0.137. The monoisotopic (exact) mass is 306 g/mol. The van der Waals surface area contributed by atoms with Crippen molar-refractivity contribution in [2.45, 2.75) is 31.7 Å².